The van der Waals surface area contributed by atoms with Gasteiger partial charge in [0.05, 0.1) is 12.6 Å². The summed E-state index contributed by atoms with van der Waals surface area (Å²) in [5.74, 6) is -1.94. The normalized spacial score (nSPS) is 16.9. The fourth-order valence-corrected chi connectivity index (χ4v) is 5.77. The van der Waals surface area contributed by atoms with Crippen LogP contribution in [0.15, 0.2) is 67.3 Å². The third kappa shape index (κ3) is 15.8. The number of rotatable bonds is 23. The van der Waals surface area contributed by atoms with E-state index in [0.29, 0.717) is 51.5 Å². The quantitative estimate of drug-likeness (QED) is 0.0183. The number of nitrogens with zero attached hydrogens (tertiary/aromatic N) is 1. The molecule has 0 aliphatic carbocycles. The van der Waals surface area contributed by atoms with Crippen LogP contribution in [0.5, 0.6) is 0 Å². The number of unbranched alkanes of at least 4 members (excludes halogenated alkanes) is 4. The average molecular weight is 716 g/mol. The third-order valence-corrected chi connectivity index (χ3v) is 8.26. The van der Waals surface area contributed by atoms with Crippen LogP contribution in [0, 0.1) is 5.92 Å². The molecule has 4 atom stereocenters. The lowest BCUT2D eigenvalue weighted by Crippen LogP contribution is -2.55. The Morgan fingerprint density at radius 3 is 2.08 bits per heavy atom. The van der Waals surface area contributed by atoms with E-state index in [0.717, 1.165) is 11.1 Å². The minimum Gasteiger partial charge on any atom is -0.465 e. The van der Waals surface area contributed by atoms with Gasteiger partial charge in [0.1, 0.15) is 18.8 Å². The first-order valence-electron chi connectivity index (χ1n) is 17.3. The number of likely N-dealkylation sites (tertiary alicyclic amines) is 1. The molecule has 1 saturated heterocycles. The van der Waals surface area contributed by atoms with Crippen molar-refractivity contribution in [3.05, 3.63) is 72.9 Å². The Hall–Kier alpha value is -4.73. The van der Waals surface area contributed by atoms with Crippen LogP contribution in [-0.4, -0.2) is 96.3 Å². The van der Waals surface area contributed by atoms with Crippen molar-refractivity contribution in [1.29, 1.82) is 0 Å². The van der Waals surface area contributed by atoms with Gasteiger partial charge < -0.3 is 24.8 Å². The summed E-state index contributed by atoms with van der Waals surface area (Å²) in [7, 11) is 0. The van der Waals surface area contributed by atoms with Gasteiger partial charge >= 0.3 is 18.2 Å². The molecule has 0 bridgehead atoms. The Kier molecular flexibility index (Phi) is 20.3. The number of hydroxylamine groups is 2. The summed E-state index contributed by atoms with van der Waals surface area (Å²) in [6.07, 6.45) is 7.23. The molecule has 2 rings (SSSR count). The summed E-state index contributed by atoms with van der Waals surface area (Å²) in [6.45, 7) is 10.3. The van der Waals surface area contributed by atoms with E-state index >= 15 is 0 Å². The molecule has 15 heteroatoms. The van der Waals surface area contributed by atoms with Crippen molar-refractivity contribution in [3.8, 4) is 0 Å². The van der Waals surface area contributed by atoms with Crippen LogP contribution in [0.1, 0.15) is 63.9 Å². The van der Waals surface area contributed by atoms with Crippen molar-refractivity contribution in [2.75, 3.05) is 32.8 Å². The monoisotopic (exact) mass is 715 g/mol. The van der Waals surface area contributed by atoms with Crippen molar-refractivity contribution < 1.29 is 48.6 Å². The Balaban J connectivity index is 2.26. The molecule has 1 aromatic rings. The second kappa shape index (κ2) is 24.4. The van der Waals surface area contributed by atoms with E-state index in [1.807, 2.05) is 41.3 Å². The van der Waals surface area contributed by atoms with Gasteiger partial charge in [0.2, 0.25) is 11.8 Å². The molecule has 6 N–H and O–H groups in total. The van der Waals surface area contributed by atoms with Crippen molar-refractivity contribution in [2.45, 2.75) is 82.9 Å². The second-order valence-electron chi connectivity index (χ2n) is 12.0. The van der Waals surface area contributed by atoms with E-state index in [2.05, 4.69) is 23.8 Å². The molecule has 1 aromatic carbocycles. The first-order valence-corrected chi connectivity index (χ1v) is 17.3. The second-order valence-corrected chi connectivity index (χ2v) is 12.0. The number of allylic oxidation sites excluding steroid dienone is 2. The van der Waals surface area contributed by atoms with E-state index in [-0.39, 0.29) is 45.1 Å². The lowest BCUT2D eigenvalue weighted by Gasteiger charge is -2.37. The van der Waals surface area contributed by atoms with Gasteiger partial charge in [-0.3, -0.25) is 29.7 Å². The maximum atomic E-state index is 13.5. The van der Waals surface area contributed by atoms with Crippen LogP contribution in [0.3, 0.4) is 0 Å². The van der Waals surface area contributed by atoms with Crippen molar-refractivity contribution >= 4 is 30.0 Å². The number of nitrogens with one attached hydrogen (secondary N) is 4. The van der Waals surface area contributed by atoms with Gasteiger partial charge in [0.15, 0.2) is 0 Å². The molecular formula is C36H53N5O10. The van der Waals surface area contributed by atoms with Gasteiger partial charge in [-0.1, -0.05) is 80.1 Å². The van der Waals surface area contributed by atoms with Gasteiger partial charge in [0, 0.05) is 44.8 Å². The van der Waals surface area contributed by atoms with Crippen LogP contribution in [0.4, 0.5) is 9.59 Å². The standard InChI is InChI=1S/C36H53N5O10/c1-4-6-18-28-26(3)24-41(29(34(44)49-5-2)25-50-35(45)37-21-14-8-12-19-31(42)39-47)33(28)30(23-27-16-10-7-11-17-27)51-36(46)38-22-15-9-13-20-32(43)40-48/h4,6-7,10-11,16-18,28-30,33,47-48H,1,3,5,8-9,12-15,19-25H2,2H3,(H,37,45)(H,38,46)(H,39,42)(H,40,43)/b18-6+/t28-,29+,30+,33-/m1/s1. The van der Waals surface area contributed by atoms with Crippen LogP contribution in [0.2, 0.25) is 0 Å². The van der Waals surface area contributed by atoms with Crippen molar-refractivity contribution in [1.82, 2.24) is 26.5 Å². The summed E-state index contributed by atoms with van der Waals surface area (Å²) in [6, 6.07) is 7.79. The molecule has 1 aliphatic heterocycles. The van der Waals surface area contributed by atoms with Gasteiger partial charge in [-0.2, -0.15) is 0 Å². The molecule has 1 fully saturated rings. The highest BCUT2D eigenvalue weighted by Crippen LogP contribution is 2.36. The van der Waals surface area contributed by atoms with Crippen LogP contribution < -0.4 is 21.6 Å². The predicted octanol–water partition coefficient (Wildman–Crippen LogP) is 3.71. The fraction of sp³-hybridized carbons (Fsp3) is 0.528. The van der Waals surface area contributed by atoms with E-state index in [1.165, 1.54) is 0 Å². The highest BCUT2D eigenvalue weighted by atomic mass is 16.6. The molecule has 0 radical (unpaired) electrons. The zero-order valence-corrected chi connectivity index (χ0v) is 29.3. The Morgan fingerprint density at radius 1 is 0.902 bits per heavy atom. The van der Waals surface area contributed by atoms with Crippen LogP contribution in [-0.2, 0) is 35.0 Å². The van der Waals surface area contributed by atoms with E-state index in [9.17, 15) is 24.0 Å². The van der Waals surface area contributed by atoms with Gasteiger partial charge in [0.25, 0.3) is 0 Å². The fourth-order valence-electron chi connectivity index (χ4n) is 5.77. The summed E-state index contributed by atoms with van der Waals surface area (Å²) >= 11 is 0. The highest BCUT2D eigenvalue weighted by molar-refractivity contribution is 5.77. The van der Waals surface area contributed by atoms with Gasteiger partial charge in [-0.15, -0.1) is 0 Å². The molecule has 0 saturated carbocycles. The Labute approximate surface area is 299 Å². The van der Waals surface area contributed by atoms with Crippen molar-refractivity contribution in [2.24, 2.45) is 5.92 Å². The minimum atomic E-state index is -1.06. The SMILES string of the molecule is C=C/C=C/[C@@H]1C(=C)CN([C@@H](COC(=O)NCCCCCC(=O)NO)C(=O)OCC)[C@H]1[C@H](Cc1ccccc1)OC(=O)NCCCCCC(=O)NO. The smallest absolute Gasteiger partial charge is 0.407 e. The summed E-state index contributed by atoms with van der Waals surface area (Å²) in [5.41, 5.74) is 4.82. The van der Waals surface area contributed by atoms with Gasteiger partial charge in [-0.25, -0.2) is 20.5 Å². The largest absolute Gasteiger partial charge is 0.465 e. The Bertz CT molecular complexity index is 1310. The number of amides is 4. The summed E-state index contributed by atoms with van der Waals surface area (Å²) in [4.78, 5) is 63.6. The maximum Gasteiger partial charge on any atom is 0.407 e. The first kappa shape index (κ1) is 42.4. The number of hydrogen-bond donors (Lipinski definition) is 6. The Morgan fingerprint density at radius 2 is 1.51 bits per heavy atom. The lowest BCUT2D eigenvalue weighted by atomic mass is 9.89. The topological polar surface area (TPSA) is 205 Å². The number of alkyl carbamates (subject to hydrolysis) is 2. The van der Waals surface area contributed by atoms with E-state index in [4.69, 9.17) is 24.6 Å². The van der Waals surface area contributed by atoms with Crippen LogP contribution >= 0.6 is 0 Å². The molecular weight excluding hydrogens is 662 g/mol. The summed E-state index contributed by atoms with van der Waals surface area (Å²) < 4.78 is 17.1. The predicted molar refractivity (Wildman–Crippen MR) is 187 cm³/mol. The number of carbonyl (C=O) groups is 5. The zero-order chi connectivity index (χ0) is 37.4. The molecule has 0 spiro atoms. The average Bonchev–Trinajstić information content (AvgIpc) is 3.45. The third-order valence-electron chi connectivity index (χ3n) is 8.26. The highest BCUT2D eigenvalue weighted by Gasteiger charge is 2.47. The first-order chi connectivity index (χ1) is 24.6. The molecule has 0 unspecified atom stereocenters. The lowest BCUT2D eigenvalue weighted by molar-refractivity contribution is -0.152. The molecule has 0 aromatic heterocycles. The molecule has 282 valence electrons. The molecule has 4 amide bonds. The summed E-state index contributed by atoms with van der Waals surface area (Å²) in [5, 5.41) is 22.7. The number of carbonyl (C=O) groups excluding carboxylic acids is 5. The van der Waals surface area contributed by atoms with Gasteiger partial charge in [-0.05, 0) is 38.2 Å². The number of ether oxygens (including phenoxy) is 3. The van der Waals surface area contributed by atoms with Crippen LogP contribution in [0.25, 0.3) is 0 Å². The number of esters is 1. The molecule has 1 aliphatic rings. The molecule has 15 nitrogen and oxygen atoms in total. The zero-order valence-electron chi connectivity index (χ0n) is 29.3. The number of benzene rings is 1. The van der Waals surface area contributed by atoms with E-state index < -0.39 is 48.2 Å². The maximum absolute atomic E-state index is 13.5. The molecule has 1 heterocycles. The molecule has 51 heavy (non-hydrogen) atoms. The van der Waals surface area contributed by atoms with Crippen molar-refractivity contribution in [3.63, 3.8) is 0 Å². The minimum absolute atomic E-state index is 0.0894. The number of hydrogen-bond acceptors (Lipinski definition) is 11. The van der Waals surface area contributed by atoms with E-state index in [1.54, 1.807) is 30.0 Å².